The summed E-state index contributed by atoms with van der Waals surface area (Å²) in [5.41, 5.74) is 2.05. The van der Waals surface area contributed by atoms with E-state index in [1.807, 2.05) is 32.4 Å². The summed E-state index contributed by atoms with van der Waals surface area (Å²) in [6.45, 7) is 4.75. The smallest absolute Gasteiger partial charge is 0.196 e. The highest BCUT2D eigenvalue weighted by molar-refractivity contribution is 7.00. The van der Waals surface area contributed by atoms with E-state index in [4.69, 9.17) is 0 Å². The van der Waals surface area contributed by atoms with Gasteiger partial charge in [-0.1, -0.05) is 46.5 Å². The number of benzene rings is 2. The molecule has 0 atom stereocenters. The van der Waals surface area contributed by atoms with Gasteiger partial charge in [-0.25, -0.2) is 0 Å². The standard InChI is InChI=1S/C26H24N8Si/c1-31-17-33(25-23(31)27-11-13-29-25)19-7-5-9-21(15-19)35(3,4)22-10-6-8-20(16-22)34-18-32(2)24-26(34)30-14-12-28-24/h5-16H,1-4H3/q+4. The third kappa shape index (κ3) is 3.38. The average molecular weight is 477 g/mol. The van der Waals surface area contributed by atoms with Crippen LogP contribution in [0.25, 0.3) is 0 Å². The lowest BCUT2D eigenvalue weighted by atomic mass is 10.3. The van der Waals surface area contributed by atoms with Crippen molar-refractivity contribution in [3.05, 3.63) is 73.3 Å². The highest BCUT2D eigenvalue weighted by atomic mass is 28.3. The Morgan fingerprint density at radius 2 is 1.00 bits per heavy atom. The highest BCUT2D eigenvalue weighted by Crippen LogP contribution is 2.29. The lowest BCUT2D eigenvalue weighted by molar-refractivity contribution is -0.398. The van der Waals surface area contributed by atoms with Gasteiger partial charge in [0.15, 0.2) is 23.8 Å². The van der Waals surface area contributed by atoms with E-state index in [-0.39, 0.29) is 0 Å². The normalized spacial score (nSPS) is 14.1. The molecule has 2 aliphatic rings. The van der Waals surface area contributed by atoms with E-state index >= 15 is 0 Å². The van der Waals surface area contributed by atoms with Crippen LogP contribution in [0.3, 0.4) is 0 Å². The summed E-state index contributed by atoms with van der Waals surface area (Å²) in [6.07, 6.45) is 6.84. The van der Waals surface area contributed by atoms with Gasteiger partial charge in [0.2, 0.25) is 0 Å². The van der Waals surface area contributed by atoms with Gasteiger partial charge in [-0.05, 0) is 34.6 Å². The Balaban J connectivity index is 1.40. The van der Waals surface area contributed by atoms with Crippen molar-refractivity contribution >= 4 is 65.1 Å². The minimum absolute atomic E-state index is 0.789. The molecule has 2 aromatic carbocycles. The van der Waals surface area contributed by atoms with Gasteiger partial charge in [0, 0.05) is 9.97 Å². The third-order valence-electron chi connectivity index (χ3n) is 6.53. The average Bonchev–Trinajstić information content (AvgIpc) is 3.41. The molecule has 0 radical (unpaired) electrons. The first-order valence-corrected chi connectivity index (χ1v) is 14.4. The van der Waals surface area contributed by atoms with Crippen LogP contribution in [0.4, 0.5) is 34.6 Å². The van der Waals surface area contributed by atoms with Gasteiger partial charge in [-0.2, -0.15) is 9.97 Å². The zero-order valence-corrected chi connectivity index (χ0v) is 21.0. The van der Waals surface area contributed by atoms with Crippen LogP contribution in [0.2, 0.25) is 13.1 Å². The molecular formula is C26H24N8Si+4. The minimum Gasteiger partial charge on any atom is -0.196 e. The Hall–Kier alpha value is -4.42. The molecule has 6 rings (SSSR count). The lowest BCUT2D eigenvalue weighted by Gasteiger charge is -2.23. The molecule has 0 saturated heterocycles. The second-order valence-corrected chi connectivity index (χ2v) is 13.5. The predicted molar refractivity (Wildman–Crippen MR) is 138 cm³/mol. The first kappa shape index (κ1) is 21.1. The van der Waals surface area contributed by atoms with Crippen molar-refractivity contribution in [3.8, 4) is 0 Å². The Morgan fingerprint density at radius 3 is 1.43 bits per heavy atom. The van der Waals surface area contributed by atoms with Gasteiger partial charge in [0.05, 0.1) is 12.4 Å². The van der Waals surface area contributed by atoms with E-state index in [2.05, 4.69) is 93.6 Å². The molecule has 0 bridgehead atoms. The topological polar surface area (TPSA) is 63.6 Å². The zero-order chi connectivity index (χ0) is 24.2. The maximum atomic E-state index is 4.54. The summed E-state index contributed by atoms with van der Waals surface area (Å²) in [5.74, 6) is 3.18. The molecule has 9 heteroatoms. The molecule has 0 saturated carbocycles. The molecule has 0 spiro atoms. The van der Waals surface area contributed by atoms with Crippen molar-refractivity contribution in [2.45, 2.75) is 13.1 Å². The van der Waals surface area contributed by atoms with Crippen LogP contribution >= 0.6 is 0 Å². The summed E-state index contributed by atoms with van der Waals surface area (Å²) in [7, 11) is 1.83. The van der Waals surface area contributed by atoms with E-state index in [1.165, 1.54) is 10.4 Å². The molecule has 8 nitrogen and oxygen atoms in total. The van der Waals surface area contributed by atoms with Crippen molar-refractivity contribution in [2.24, 2.45) is 0 Å². The van der Waals surface area contributed by atoms with E-state index in [0.29, 0.717) is 0 Å². The van der Waals surface area contributed by atoms with Gasteiger partial charge in [-0.15, -0.1) is 9.15 Å². The van der Waals surface area contributed by atoms with Gasteiger partial charge in [-0.3, -0.25) is 0 Å². The maximum absolute atomic E-state index is 4.54. The molecule has 2 aromatic heterocycles. The Labute approximate surface area is 203 Å². The van der Waals surface area contributed by atoms with Crippen molar-refractivity contribution in [1.82, 2.24) is 29.1 Å². The van der Waals surface area contributed by atoms with Crippen LogP contribution in [0.1, 0.15) is 0 Å². The summed E-state index contributed by atoms with van der Waals surface area (Å²) in [4.78, 5) is 18.0. The quantitative estimate of drug-likeness (QED) is 0.336. The van der Waals surface area contributed by atoms with Crippen molar-refractivity contribution < 1.29 is 9.15 Å². The fourth-order valence-electron chi connectivity index (χ4n) is 4.52. The van der Waals surface area contributed by atoms with E-state index in [1.54, 1.807) is 24.8 Å². The van der Waals surface area contributed by atoms with Crippen LogP contribution in [0.15, 0.2) is 73.3 Å². The third-order valence-corrected chi connectivity index (χ3v) is 10.0. The Morgan fingerprint density at radius 1 is 0.600 bits per heavy atom. The molecule has 2 aliphatic heterocycles. The maximum Gasteiger partial charge on any atom is 0.479 e. The van der Waals surface area contributed by atoms with Crippen LogP contribution in [-0.2, 0) is 0 Å². The fraction of sp³-hybridized carbons (Fsp3) is 0.154. The second-order valence-electron chi connectivity index (χ2n) is 9.12. The van der Waals surface area contributed by atoms with Gasteiger partial charge >= 0.3 is 35.3 Å². The van der Waals surface area contributed by atoms with Crippen LogP contribution < -0.4 is 19.5 Å². The summed E-state index contributed by atoms with van der Waals surface area (Å²) < 4.78 is 7.71. The number of nitrogens with zero attached hydrogens (tertiary/aromatic N) is 8. The lowest BCUT2D eigenvalue weighted by Crippen LogP contribution is -2.52. The zero-order valence-electron chi connectivity index (χ0n) is 20.0. The van der Waals surface area contributed by atoms with Crippen LogP contribution in [0.5, 0.6) is 0 Å². The Kier molecular flexibility index (Phi) is 4.72. The predicted octanol–water partition coefficient (Wildman–Crippen LogP) is 2.68. The number of rotatable bonds is 4. The Bertz CT molecular complexity index is 1550. The van der Waals surface area contributed by atoms with E-state index in [9.17, 15) is 0 Å². The molecular weight excluding hydrogens is 452 g/mol. The summed E-state index contributed by atoms with van der Waals surface area (Å²) in [6, 6.07) is 24.0. The van der Waals surface area contributed by atoms with Gasteiger partial charge in [0.25, 0.3) is 0 Å². The second kappa shape index (κ2) is 7.82. The first-order chi connectivity index (χ1) is 16.9. The molecule has 0 amide bonds. The SMILES string of the molecule is C[N+]1=C=[N+](c2cccc([Si](C)(C)c3cccc([N+]4=C=[N+](C)c5nccnc54)c3)c2)c2nccnc21. The van der Waals surface area contributed by atoms with Crippen molar-refractivity contribution in [3.63, 3.8) is 0 Å². The number of hydrogen-bond donors (Lipinski definition) is 0. The minimum atomic E-state index is -2.05. The largest absolute Gasteiger partial charge is 0.479 e. The number of fused-ring (bicyclic) bond motifs is 2. The molecule has 168 valence electrons. The first-order valence-electron chi connectivity index (χ1n) is 11.4. The van der Waals surface area contributed by atoms with E-state index in [0.717, 1.165) is 34.6 Å². The van der Waals surface area contributed by atoms with Crippen molar-refractivity contribution in [2.75, 3.05) is 14.1 Å². The highest BCUT2D eigenvalue weighted by Gasteiger charge is 2.37. The molecule has 4 heterocycles. The number of aromatic nitrogens is 4. The molecule has 4 aromatic rings. The summed E-state index contributed by atoms with van der Waals surface area (Å²) in [5, 5.41) is 2.64. The molecule has 35 heavy (non-hydrogen) atoms. The van der Waals surface area contributed by atoms with Crippen molar-refractivity contribution in [1.29, 1.82) is 0 Å². The van der Waals surface area contributed by atoms with Gasteiger partial charge in [0.1, 0.15) is 22.2 Å². The summed E-state index contributed by atoms with van der Waals surface area (Å²) >= 11 is 0. The monoisotopic (exact) mass is 476 g/mol. The van der Waals surface area contributed by atoms with Gasteiger partial charge < -0.3 is 0 Å². The fourth-order valence-corrected chi connectivity index (χ4v) is 6.90. The van der Waals surface area contributed by atoms with Crippen LogP contribution in [-0.4, -0.2) is 63.3 Å². The molecule has 0 fully saturated rings. The molecule has 0 unspecified atom stereocenters. The molecule has 0 aliphatic carbocycles. The molecule has 0 N–H and O–H groups in total. The number of hydrogen-bond acceptors (Lipinski definition) is 4. The van der Waals surface area contributed by atoms with Crippen LogP contribution in [0, 0.1) is 0 Å². The van der Waals surface area contributed by atoms with E-state index < -0.39 is 8.07 Å².